The molecule has 1 aromatic carbocycles. The van der Waals surface area contributed by atoms with E-state index in [1.807, 2.05) is 6.07 Å². The number of hydrogen-bond donors (Lipinski definition) is 2. The Morgan fingerprint density at radius 3 is 2.77 bits per heavy atom. The molecule has 0 heterocycles. The van der Waals surface area contributed by atoms with Crippen molar-refractivity contribution in [2.24, 2.45) is 0 Å². The molecular formula is C10H8N2O. The first-order valence-electron chi connectivity index (χ1n) is 3.67. The van der Waals surface area contributed by atoms with Crippen LogP contribution in [0.5, 0.6) is 0 Å². The number of nitrogens with zero attached hydrogens (tertiary/aromatic N) is 1. The van der Waals surface area contributed by atoms with Gasteiger partial charge in [0.15, 0.2) is 0 Å². The van der Waals surface area contributed by atoms with Crippen LogP contribution < -0.4 is 5.73 Å². The standard InChI is InChI=1S/C10H8N2O/c11-7-9-6-10(12)4-3-8(9)2-1-5-13/h3-4,6,13H,5,12H2. The molecule has 0 bridgehead atoms. The lowest BCUT2D eigenvalue weighted by molar-refractivity contribution is 0.350. The van der Waals surface area contributed by atoms with E-state index in [1.54, 1.807) is 18.2 Å². The highest BCUT2D eigenvalue weighted by Crippen LogP contribution is 2.11. The zero-order valence-corrected chi connectivity index (χ0v) is 6.91. The first-order valence-corrected chi connectivity index (χ1v) is 3.67. The van der Waals surface area contributed by atoms with Crippen molar-refractivity contribution in [2.75, 3.05) is 12.3 Å². The fourth-order valence-corrected chi connectivity index (χ4v) is 0.898. The van der Waals surface area contributed by atoms with E-state index in [1.165, 1.54) is 0 Å². The van der Waals surface area contributed by atoms with Crippen LogP contribution in [0.1, 0.15) is 11.1 Å². The van der Waals surface area contributed by atoms with Crippen molar-refractivity contribution < 1.29 is 5.11 Å². The molecule has 0 fully saturated rings. The van der Waals surface area contributed by atoms with Crippen molar-refractivity contribution >= 4 is 5.69 Å². The Labute approximate surface area is 76.4 Å². The lowest BCUT2D eigenvalue weighted by Gasteiger charge is -1.96. The molecule has 3 heteroatoms. The van der Waals surface area contributed by atoms with Crippen molar-refractivity contribution in [3.05, 3.63) is 29.3 Å². The SMILES string of the molecule is N#Cc1cc(N)ccc1C#CCO. The molecule has 0 radical (unpaired) electrons. The fourth-order valence-electron chi connectivity index (χ4n) is 0.898. The van der Waals surface area contributed by atoms with E-state index in [9.17, 15) is 0 Å². The second kappa shape index (κ2) is 4.15. The summed E-state index contributed by atoms with van der Waals surface area (Å²) in [6.07, 6.45) is 0. The van der Waals surface area contributed by atoms with E-state index in [0.29, 0.717) is 16.8 Å². The average Bonchev–Trinajstić information content (AvgIpc) is 2.16. The summed E-state index contributed by atoms with van der Waals surface area (Å²) < 4.78 is 0. The van der Waals surface area contributed by atoms with E-state index in [0.717, 1.165) is 0 Å². The van der Waals surface area contributed by atoms with Crippen molar-refractivity contribution in [3.8, 4) is 17.9 Å². The maximum atomic E-state index is 8.71. The number of nitriles is 1. The lowest BCUT2D eigenvalue weighted by atomic mass is 10.1. The predicted octanol–water partition coefficient (Wildman–Crippen LogP) is 0.484. The third-order valence-corrected chi connectivity index (χ3v) is 1.47. The lowest BCUT2D eigenvalue weighted by Crippen LogP contribution is -1.89. The molecule has 64 valence electrons. The molecule has 1 aromatic rings. The Bertz CT molecular complexity index is 407. The Balaban J connectivity index is 3.16. The molecule has 3 N–H and O–H groups in total. The molecule has 0 amide bonds. The van der Waals surface area contributed by atoms with Gasteiger partial charge in [-0.3, -0.25) is 0 Å². The van der Waals surface area contributed by atoms with Gasteiger partial charge in [0.25, 0.3) is 0 Å². The molecule has 0 saturated carbocycles. The largest absolute Gasteiger partial charge is 0.399 e. The molecule has 0 aliphatic rings. The van der Waals surface area contributed by atoms with Crippen LogP contribution in [0.4, 0.5) is 5.69 Å². The van der Waals surface area contributed by atoms with Gasteiger partial charge in [0.2, 0.25) is 0 Å². The number of hydrogen-bond acceptors (Lipinski definition) is 3. The monoisotopic (exact) mass is 172 g/mol. The zero-order valence-electron chi connectivity index (χ0n) is 6.91. The van der Waals surface area contributed by atoms with E-state index >= 15 is 0 Å². The molecule has 0 atom stereocenters. The highest BCUT2D eigenvalue weighted by molar-refractivity contribution is 5.55. The topological polar surface area (TPSA) is 70.0 Å². The van der Waals surface area contributed by atoms with Crippen LogP contribution in [0.3, 0.4) is 0 Å². The van der Waals surface area contributed by atoms with Crippen LogP contribution in [-0.4, -0.2) is 11.7 Å². The minimum absolute atomic E-state index is 0.213. The van der Waals surface area contributed by atoms with Crippen LogP contribution in [0.25, 0.3) is 0 Å². The molecule has 13 heavy (non-hydrogen) atoms. The Morgan fingerprint density at radius 2 is 2.15 bits per heavy atom. The fraction of sp³-hybridized carbons (Fsp3) is 0.100. The van der Waals surface area contributed by atoms with E-state index < -0.39 is 0 Å². The molecule has 1 rings (SSSR count). The van der Waals surface area contributed by atoms with Crippen LogP contribution in [-0.2, 0) is 0 Å². The molecule has 0 aromatic heterocycles. The zero-order chi connectivity index (χ0) is 9.68. The number of aliphatic hydroxyl groups excluding tert-OH is 1. The molecule has 0 aliphatic heterocycles. The van der Waals surface area contributed by atoms with Gasteiger partial charge in [-0.25, -0.2) is 0 Å². The van der Waals surface area contributed by atoms with Gasteiger partial charge in [-0.15, -0.1) is 0 Å². The van der Waals surface area contributed by atoms with Crippen LogP contribution in [0, 0.1) is 23.2 Å². The summed E-state index contributed by atoms with van der Waals surface area (Å²) >= 11 is 0. The molecule has 0 spiro atoms. The number of aliphatic hydroxyl groups is 1. The predicted molar refractivity (Wildman–Crippen MR) is 49.5 cm³/mol. The molecule has 3 nitrogen and oxygen atoms in total. The van der Waals surface area contributed by atoms with Crippen LogP contribution in [0.15, 0.2) is 18.2 Å². The number of nitrogens with two attached hydrogens (primary N) is 1. The van der Waals surface area contributed by atoms with Crippen molar-refractivity contribution in [2.45, 2.75) is 0 Å². The number of nitrogen functional groups attached to an aromatic ring is 1. The van der Waals surface area contributed by atoms with Gasteiger partial charge >= 0.3 is 0 Å². The van der Waals surface area contributed by atoms with Crippen molar-refractivity contribution in [3.63, 3.8) is 0 Å². The summed E-state index contributed by atoms with van der Waals surface area (Å²) in [5.74, 6) is 5.14. The molecule has 0 saturated heterocycles. The summed E-state index contributed by atoms with van der Waals surface area (Å²) in [5, 5.41) is 17.2. The van der Waals surface area contributed by atoms with Crippen LogP contribution in [0.2, 0.25) is 0 Å². The van der Waals surface area contributed by atoms with Crippen LogP contribution >= 0.6 is 0 Å². The number of anilines is 1. The highest BCUT2D eigenvalue weighted by Gasteiger charge is 1.98. The summed E-state index contributed by atoms with van der Waals surface area (Å²) in [4.78, 5) is 0. The Morgan fingerprint density at radius 1 is 1.38 bits per heavy atom. The minimum atomic E-state index is -0.213. The molecule has 0 unspecified atom stereocenters. The van der Waals surface area contributed by atoms with Gasteiger partial charge in [-0.05, 0) is 18.2 Å². The second-order valence-electron chi connectivity index (χ2n) is 2.38. The van der Waals surface area contributed by atoms with Crippen molar-refractivity contribution in [1.29, 1.82) is 5.26 Å². The molecular weight excluding hydrogens is 164 g/mol. The number of benzene rings is 1. The summed E-state index contributed by atoms with van der Waals surface area (Å²) in [6, 6.07) is 6.87. The molecule has 0 aliphatic carbocycles. The number of rotatable bonds is 0. The van der Waals surface area contributed by atoms with Gasteiger partial charge in [0, 0.05) is 11.3 Å². The van der Waals surface area contributed by atoms with E-state index in [4.69, 9.17) is 16.1 Å². The van der Waals surface area contributed by atoms with Gasteiger partial charge < -0.3 is 10.8 Å². The highest BCUT2D eigenvalue weighted by atomic mass is 16.2. The third-order valence-electron chi connectivity index (χ3n) is 1.47. The maximum absolute atomic E-state index is 8.71. The maximum Gasteiger partial charge on any atom is 0.104 e. The normalized spacial score (nSPS) is 8.31. The smallest absolute Gasteiger partial charge is 0.104 e. The Hall–Kier alpha value is -1.97. The Kier molecular flexibility index (Phi) is 2.92. The summed E-state index contributed by atoms with van der Waals surface area (Å²) in [6.45, 7) is -0.213. The summed E-state index contributed by atoms with van der Waals surface area (Å²) in [5.41, 5.74) is 7.04. The van der Waals surface area contributed by atoms with Gasteiger partial charge in [-0.1, -0.05) is 11.8 Å². The first kappa shape index (κ1) is 9.12. The van der Waals surface area contributed by atoms with Crippen molar-refractivity contribution in [1.82, 2.24) is 0 Å². The van der Waals surface area contributed by atoms with Gasteiger partial charge in [0.05, 0.1) is 5.56 Å². The minimum Gasteiger partial charge on any atom is -0.399 e. The second-order valence-corrected chi connectivity index (χ2v) is 2.38. The quantitative estimate of drug-likeness (QED) is 0.442. The van der Waals surface area contributed by atoms with E-state index in [-0.39, 0.29) is 6.61 Å². The van der Waals surface area contributed by atoms with Gasteiger partial charge in [0.1, 0.15) is 12.7 Å². The first-order chi connectivity index (χ1) is 6.27. The van der Waals surface area contributed by atoms with Gasteiger partial charge in [-0.2, -0.15) is 5.26 Å². The third kappa shape index (κ3) is 2.23. The van der Waals surface area contributed by atoms with E-state index in [2.05, 4.69) is 11.8 Å². The average molecular weight is 172 g/mol. The summed E-state index contributed by atoms with van der Waals surface area (Å²) in [7, 11) is 0.